The van der Waals surface area contributed by atoms with Gasteiger partial charge in [0, 0.05) is 12.2 Å². The molecule has 1 saturated heterocycles. The second kappa shape index (κ2) is 6.59. The first-order valence-electron chi connectivity index (χ1n) is 8.57. The fourth-order valence-electron chi connectivity index (χ4n) is 3.21. The summed E-state index contributed by atoms with van der Waals surface area (Å²) in [6.07, 6.45) is 0.594. The van der Waals surface area contributed by atoms with Gasteiger partial charge in [-0.2, -0.15) is 0 Å². The van der Waals surface area contributed by atoms with Crippen molar-refractivity contribution < 1.29 is 9.59 Å². The van der Waals surface area contributed by atoms with E-state index in [1.165, 1.54) is 0 Å². The summed E-state index contributed by atoms with van der Waals surface area (Å²) in [4.78, 5) is 26.7. The van der Waals surface area contributed by atoms with Crippen LogP contribution in [0.4, 0.5) is 5.69 Å². The van der Waals surface area contributed by atoms with Gasteiger partial charge in [0.05, 0.1) is 5.52 Å². The lowest BCUT2D eigenvalue weighted by Gasteiger charge is -2.17. The number of fused-ring (bicyclic) bond motifs is 1. The number of amides is 2. The summed E-state index contributed by atoms with van der Waals surface area (Å²) in [7, 11) is 0. The van der Waals surface area contributed by atoms with E-state index in [9.17, 15) is 9.59 Å². The van der Waals surface area contributed by atoms with E-state index in [-0.39, 0.29) is 18.4 Å². The molecular formula is C19H19N5O2. The van der Waals surface area contributed by atoms with E-state index in [0.717, 1.165) is 22.3 Å². The van der Waals surface area contributed by atoms with Crippen LogP contribution in [0.15, 0.2) is 48.5 Å². The zero-order chi connectivity index (χ0) is 18.1. The third-order valence-electron chi connectivity index (χ3n) is 4.60. The van der Waals surface area contributed by atoms with Crippen LogP contribution in [-0.2, 0) is 16.1 Å². The smallest absolute Gasteiger partial charge is 0.249 e. The van der Waals surface area contributed by atoms with Crippen molar-refractivity contribution in [2.75, 3.05) is 11.4 Å². The number of aromatic nitrogens is 3. The number of hydrogen-bond acceptors (Lipinski definition) is 4. The number of carbonyl (C=O) groups excluding carboxylic acids is 2. The molecule has 3 aromatic rings. The predicted octanol–water partition coefficient (Wildman–Crippen LogP) is 1.66. The monoisotopic (exact) mass is 349 g/mol. The second-order valence-electron chi connectivity index (χ2n) is 6.47. The molecule has 1 aliphatic heterocycles. The normalized spacial score (nSPS) is 17.0. The van der Waals surface area contributed by atoms with E-state index in [4.69, 9.17) is 0 Å². The summed E-state index contributed by atoms with van der Waals surface area (Å²) in [6, 6.07) is 14.8. The zero-order valence-corrected chi connectivity index (χ0v) is 14.4. The second-order valence-corrected chi connectivity index (χ2v) is 6.47. The Hall–Kier alpha value is -3.22. The van der Waals surface area contributed by atoms with Gasteiger partial charge in [-0.3, -0.25) is 9.59 Å². The van der Waals surface area contributed by atoms with Gasteiger partial charge in [-0.1, -0.05) is 35.0 Å². The summed E-state index contributed by atoms with van der Waals surface area (Å²) >= 11 is 0. The molecule has 1 aliphatic rings. The Morgan fingerprint density at radius 2 is 1.96 bits per heavy atom. The van der Waals surface area contributed by atoms with Crippen molar-refractivity contribution in [2.45, 2.75) is 25.9 Å². The number of anilines is 1. The molecule has 1 aromatic heterocycles. The van der Waals surface area contributed by atoms with Crippen molar-refractivity contribution in [2.24, 2.45) is 0 Å². The van der Waals surface area contributed by atoms with Gasteiger partial charge in [-0.25, -0.2) is 4.68 Å². The van der Waals surface area contributed by atoms with Crippen LogP contribution in [0.3, 0.4) is 0 Å². The van der Waals surface area contributed by atoms with Gasteiger partial charge in [0.1, 0.15) is 18.1 Å². The van der Waals surface area contributed by atoms with Crippen molar-refractivity contribution >= 4 is 28.5 Å². The van der Waals surface area contributed by atoms with E-state index in [1.54, 1.807) is 9.58 Å². The average Bonchev–Trinajstić information content (AvgIpc) is 3.21. The van der Waals surface area contributed by atoms with Crippen molar-refractivity contribution in [1.82, 2.24) is 20.3 Å². The van der Waals surface area contributed by atoms with E-state index < -0.39 is 6.04 Å². The molecule has 2 heterocycles. The summed E-state index contributed by atoms with van der Waals surface area (Å²) in [5, 5.41) is 10.9. The standard InChI is InChI=1S/C19H19N5O2/c1-13-6-8-14(9-7-13)23-11-10-16(19(23)26)20-18(25)12-24-17-5-3-2-4-15(17)21-22-24/h2-9,16H,10-12H2,1H3,(H,20,25). The fraction of sp³-hybridized carbons (Fsp3) is 0.263. The van der Waals surface area contributed by atoms with Gasteiger partial charge in [0.15, 0.2) is 0 Å². The molecule has 26 heavy (non-hydrogen) atoms. The highest BCUT2D eigenvalue weighted by Gasteiger charge is 2.33. The Kier molecular flexibility index (Phi) is 4.12. The van der Waals surface area contributed by atoms with Gasteiger partial charge >= 0.3 is 0 Å². The van der Waals surface area contributed by atoms with Crippen LogP contribution in [0.25, 0.3) is 11.0 Å². The van der Waals surface area contributed by atoms with Crippen molar-refractivity contribution in [3.63, 3.8) is 0 Å². The minimum absolute atomic E-state index is 0.0365. The topological polar surface area (TPSA) is 80.1 Å². The van der Waals surface area contributed by atoms with E-state index >= 15 is 0 Å². The van der Waals surface area contributed by atoms with Crippen molar-refractivity contribution in [3.8, 4) is 0 Å². The summed E-state index contributed by atoms with van der Waals surface area (Å²) in [6.45, 7) is 2.64. The van der Waals surface area contributed by atoms with Crippen LogP contribution in [0.5, 0.6) is 0 Å². The van der Waals surface area contributed by atoms with Crippen LogP contribution in [0, 0.1) is 6.92 Å². The van der Waals surface area contributed by atoms with Gasteiger partial charge < -0.3 is 10.2 Å². The Morgan fingerprint density at radius 1 is 1.19 bits per heavy atom. The molecule has 0 saturated carbocycles. The number of aryl methyl sites for hydroxylation is 1. The number of rotatable bonds is 4. The number of para-hydroxylation sites is 1. The first kappa shape index (κ1) is 16.3. The Labute approximate surface area is 150 Å². The summed E-state index contributed by atoms with van der Waals surface area (Å²) < 4.78 is 1.54. The third-order valence-corrected chi connectivity index (χ3v) is 4.60. The first-order chi connectivity index (χ1) is 12.6. The molecule has 2 amide bonds. The third kappa shape index (κ3) is 3.03. The van der Waals surface area contributed by atoms with Crippen LogP contribution in [0.1, 0.15) is 12.0 Å². The molecule has 1 N–H and O–H groups in total. The number of carbonyl (C=O) groups is 2. The highest BCUT2D eigenvalue weighted by molar-refractivity contribution is 6.01. The largest absolute Gasteiger partial charge is 0.343 e. The Bertz CT molecular complexity index is 963. The molecule has 1 unspecified atom stereocenters. The lowest BCUT2D eigenvalue weighted by Crippen LogP contribution is -2.42. The van der Waals surface area contributed by atoms with Crippen LogP contribution in [0.2, 0.25) is 0 Å². The van der Waals surface area contributed by atoms with Crippen LogP contribution < -0.4 is 10.2 Å². The molecule has 0 aliphatic carbocycles. The molecule has 1 atom stereocenters. The quantitative estimate of drug-likeness (QED) is 0.777. The molecule has 2 aromatic carbocycles. The van der Waals surface area contributed by atoms with Gasteiger partial charge in [0.25, 0.3) is 0 Å². The predicted molar refractivity (Wildman–Crippen MR) is 97.6 cm³/mol. The molecule has 0 radical (unpaired) electrons. The van der Waals surface area contributed by atoms with Crippen LogP contribution in [-0.4, -0.2) is 39.4 Å². The first-order valence-corrected chi connectivity index (χ1v) is 8.57. The number of hydrogen-bond donors (Lipinski definition) is 1. The average molecular weight is 349 g/mol. The molecule has 132 valence electrons. The van der Waals surface area contributed by atoms with Gasteiger partial charge in [-0.05, 0) is 37.6 Å². The van der Waals surface area contributed by atoms with E-state index in [2.05, 4.69) is 15.6 Å². The maximum Gasteiger partial charge on any atom is 0.249 e. The maximum absolute atomic E-state index is 12.6. The van der Waals surface area contributed by atoms with Gasteiger partial charge in [0.2, 0.25) is 11.8 Å². The van der Waals surface area contributed by atoms with Crippen molar-refractivity contribution in [1.29, 1.82) is 0 Å². The summed E-state index contributed by atoms with van der Waals surface area (Å²) in [5.41, 5.74) is 3.54. The van der Waals surface area contributed by atoms with E-state index in [1.807, 2.05) is 55.5 Å². The number of benzene rings is 2. The number of nitrogens with one attached hydrogen (secondary N) is 1. The SMILES string of the molecule is Cc1ccc(N2CCC(NC(=O)Cn3nnc4ccccc43)C2=O)cc1. The zero-order valence-electron chi connectivity index (χ0n) is 14.4. The molecule has 1 fully saturated rings. The van der Waals surface area contributed by atoms with Crippen LogP contribution >= 0.6 is 0 Å². The Balaban J connectivity index is 1.42. The fourth-order valence-corrected chi connectivity index (χ4v) is 3.21. The molecular weight excluding hydrogens is 330 g/mol. The highest BCUT2D eigenvalue weighted by atomic mass is 16.2. The maximum atomic E-state index is 12.6. The van der Waals surface area contributed by atoms with Gasteiger partial charge in [-0.15, -0.1) is 5.10 Å². The minimum Gasteiger partial charge on any atom is -0.343 e. The lowest BCUT2D eigenvalue weighted by atomic mass is 10.2. The Morgan fingerprint density at radius 3 is 2.77 bits per heavy atom. The molecule has 0 spiro atoms. The van der Waals surface area contributed by atoms with E-state index in [0.29, 0.717) is 13.0 Å². The highest BCUT2D eigenvalue weighted by Crippen LogP contribution is 2.22. The molecule has 4 rings (SSSR count). The summed E-state index contributed by atoms with van der Waals surface area (Å²) in [5.74, 6) is -0.324. The molecule has 0 bridgehead atoms. The number of nitrogens with zero attached hydrogens (tertiary/aromatic N) is 4. The molecule has 7 nitrogen and oxygen atoms in total. The minimum atomic E-state index is -0.501. The lowest BCUT2D eigenvalue weighted by molar-refractivity contribution is -0.126. The molecule has 7 heteroatoms. The van der Waals surface area contributed by atoms with Crippen molar-refractivity contribution in [3.05, 3.63) is 54.1 Å².